The van der Waals surface area contributed by atoms with Gasteiger partial charge in [0.1, 0.15) is 18.0 Å². The molecule has 6 rings (SSSR count). The lowest BCUT2D eigenvalue weighted by Crippen LogP contribution is -2.47. The number of benzene rings is 3. The van der Waals surface area contributed by atoms with Crippen LogP contribution in [0.5, 0.6) is 0 Å². The van der Waals surface area contributed by atoms with Crippen LogP contribution >= 0.6 is 11.6 Å². The number of hydrogen-bond acceptors (Lipinski definition) is 4. The Kier molecular flexibility index (Phi) is 5.58. The van der Waals surface area contributed by atoms with Crippen molar-refractivity contribution in [1.82, 2.24) is 14.5 Å². The highest BCUT2D eigenvalue weighted by atomic mass is 35.5. The predicted molar refractivity (Wildman–Crippen MR) is 140 cm³/mol. The van der Waals surface area contributed by atoms with E-state index >= 15 is 0 Å². The van der Waals surface area contributed by atoms with Crippen molar-refractivity contribution in [2.24, 2.45) is 0 Å². The van der Waals surface area contributed by atoms with Crippen LogP contribution in [-0.4, -0.2) is 40.7 Å². The van der Waals surface area contributed by atoms with Crippen LogP contribution in [0.3, 0.4) is 0 Å². The lowest BCUT2D eigenvalue weighted by Gasteiger charge is -2.37. The van der Waals surface area contributed by atoms with Gasteiger partial charge in [-0.2, -0.15) is 0 Å². The van der Waals surface area contributed by atoms with Gasteiger partial charge in [-0.3, -0.25) is 0 Å². The molecule has 0 unspecified atom stereocenters. The van der Waals surface area contributed by atoms with Gasteiger partial charge in [0.05, 0.1) is 11.1 Å². The Morgan fingerprint density at radius 2 is 1.43 bits per heavy atom. The van der Waals surface area contributed by atoms with Gasteiger partial charge in [-0.25, -0.2) is 14.4 Å². The molecule has 0 saturated carbocycles. The average Bonchev–Trinajstić information content (AvgIpc) is 3.30. The van der Waals surface area contributed by atoms with E-state index in [2.05, 4.69) is 37.7 Å². The second-order valence-electron chi connectivity index (χ2n) is 8.58. The molecule has 2 aromatic heterocycles. The molecule has 0 aliphatic carbocycles. The Morgan fingerprint density at radius 3 is 2.17 bits per heavy atom. The molecule has 0 radical (unpaired) electrons. The third-order valence-corrected chi connectivity index (χ3v) is 6.78. The van der Waals surface area contributed by atoms with E-state index in [0.29, 0.717) is 23.8 Å². The minimum absolute atomic E-state index is 0.184. The van der Waals surface area contributed by atoms with E-state index in [0.717, 1.165) is 46.8 Å². The van der Waals surface area contributed by atoms with Crippen LogP contribution in [0.15, 0.2) is 91.4 Å². The maximum absolute atomic E-state index is 14.3. The summed E-state index contributed by atoms with van der Waals surface area (Å²) < 4.78 is 16.4. The molecular weight excluding hydrogens is 461 g/mol. The summed E-state index contributed by atoms with van der Waals surface area (Å²) in [5.41, 5.74) is 4.65. The fourth-order valence-electron chi connectivity index (χ4n) is 4.79. The fourth-order valence-corrected chi connectivity index (χ4v) is 4.91. The fraction of sp³-hybridized carbons (Fsp3) is 0.143. The molecule has 0 N–H and O–H groups in total. The van der Waals surface area contributed by atoms with E-state index in [4.69, 9.17) is 16.6 Å². The molecule has 1 aliphatic heterocycles. The Bertz CT molecular complexity index is 1480. The quantitative estimate of drug-likeness (QED) is 0.304. The van der Waals surface area contributed by atoms with Crippen LogP contribution in [0.1, 0.15) is 0 Å². The molecule has 0 spiro atoms. The highest BCUT2D eigenvalue weighted by molar-refractivity contribution is 6.30. The molecule has 1 saturated heterocycles. The van der Waals surface area contributed by atoms with Crippen molar-refractivity contribution in [3.8, 4) is 16.8 Å². The summed E-state index contributed by atoms with van der Waals surface area (Å²) in [4.78, 5) is 13.8. The van der Waals surface area contributed by atoms with Gasteiger partial charge in [0.15, 0.2) is 5.65 Å². The summed E-state index contributed by atoms with van der Waals surface area (Å²) in [6.45, 7) is 2.90. The molecule has 0 bridgehead atoms. The van der Waals surface area contributed by atoms with E-state index in [9.17, 15) is 4.39 Å². The number of hydrogen-bond donors (Lipinski definition) is 0. The average molecular weight is 484 g/mol. The smallest absolute Gasteiger partial charge is 0.150 e. The Hall–Kier alpha value is -3.90. The molecule has 7 heteroatoms. The van der Waals surface area contributed by atoms with Crippen molar-refractivity contribution in [2.75, 3.05) is 36.0 Å². The molecule has 3 aromatic carbocycles. The largest absolute Gasteiger partial charge is 0.366 e. The summed E-state index contributed by atoms with van der Waals surface area (Å²) in [7, 11) is 0. The third kappa shape index (κ3) is 4.00. The maximum atomic E-state index is 14.3. The second-order valence-corrected chi connectivity index (χ2v) is 9.01. The highest BCUT2D eigenvalue weighted by Gasteiger charge is 2.25. The summed E-state index contributed by atoms with van der Waals surface area (Å²) in [5, 5.41) is 1.70. The molecule has 5 nitrogen and oxygen atoms in total. The highest BCUT2D eigenvalue weighted by Crippen LogP contribution is 2.37. The monoisotopic (exact) mass is 483 g/mol. The van der Waals surface area contributed by atoms with Crippen LogP contribution in [-0.2, 0) is 0 Å². The van der Waals surface area contributed by atoms with E-state index in [1.807, 2.05) is 54.6 Å². The molecule has 1 fully saturated rings. The van der Waals surface area contributed by atoms with E-state index in [-0.39, 0.29) is 5.82 Å². The number of rotatable bonds is 4. The zero-order chi connectivity index (χ0) is 23.8. The van der Waals surface area contributed by atoms with E-state index in [1.165, 1.54) is 6.07 Å². The zero-order valence-corrected chi connectivity index (χ0v) is 19.7. The Balaban J connectivity index is 1.43. The van der Waals surface area contributed by atoms with Crippen LogP contribution in [0, 0.1) is 5.82 Å². The Labute approximate surface area is 208 Å². The normalized spacial score (nSPS) is 14.0. The summed E-state index contributed by atoms with van der Waals surface area (Å²) in [6, 6.07) is 25.0. The van der Waals surface area contributed by atoms with Crippen molar-refractivity contribution < 1.29 is 4.39 Å². The molecule has 0 atom stereocenters. The zero-order valence-electron chi connectivity index (χ0n) is 19.0. The van der Waals surface area contributed by atoms with Crippen molar-refractivity contribution >= 4 is 34.1 Å². The number of piperazine rings is 1. The first kappa shape index (κ1) is 21.6. The van der Waals surface area contributed by atoms with E-state index < -0.39 is 0 Å². The van der Waals surface area contributed by atoms with Gasteiger partial charge in [-0.1, -0.05) is 54.1 Å². The first-order valence-electron chi connectivity index (χ1n) is 11.6. The minimum Gasteiger partial charge on any atom is -0.366 e. The van der Waals surface area contributed by atoms with Crippen molar-refractivity contribution in [1.29, 1.82) is 0 Å². The number of fused-ring (bicyclic) bond motifs is 1. The Morgan fingerprint density at radius 1 is 0.743 bits per heavy atom. The van der Waals surface area contributed by atoms with Gasteiger partial charge in [0, 0.05) is 48.6 Å². The number of nitrogens with zero attached hydrogens (tertiary/aromatic N) is 5. The summed E-state index contributed by atoms with van der Waals surface area (Å²) in [5.74, 6) is 0.714. The number of halogens is 2. The van der Waals surface area contributed by atoms with Gasteiger partial charge in [0.2, 0.25) is 0 Å². The summed E-state index contributed by atoms with van der Waals surface area (Å²) >= 11 is 6.14. The molecule has 5 aromatic rings. The standard InChI is InChI=1S/C28H23ClFN5/c29-21-10-12-22(13-11-21)35-18-23(20-6-2-1-3-7-20)26-27(31-19-32-28(26)35)34-16-14-33(15-17-34)25-9-5-4-8-24(25)30/h1-13,18-19H,14-17H2. The van der Waals surface area contributed by atoms with Gasteiger partial charge in [-0.15, -0.1) is 0 Å². The lowest BCUT2D eigenvalue weighted by molar-refractivity contribution is 0.596. The molecular formula is C28H23ClFN5. The van der Waals surface area contributed by atoms with Crippen molar-refractivity contribution in [3.05, 3.63) is 102 Å². The minimum atomic E-state index is -0.184. The maximum Gasteiger partial charge on any atom is 0.150 e. The number of para-hydroxylation sites is 1. The predicted octanol–water partition coefficient (Wildman–Crippen LogP) is 6.21. The van der Waals surface area contributed by atoms with Crippen molar-refractivity contribution in [2.45, 2.75) is 0 Å². The number of anilines is 2. The van der Waals surface area contributed by atoms with Gasteiger partial charge < -0.3 is 14.4 Å². The van der Waals surface area contributed by atoms with E-state index in [1.54, 1.807) is 12.4 Å². The van der Waals surface area contributed by atoms with Gasteiger partial charge in [0.25, 0.3) is 0 Å². The van der Waals surface area contributed by atoms with Gasteiger partial charge >= 0.3 is 0 Å². The van der Waals surface area contributed by atoms with Crippen LogP contribution in [0.25, 0.3) is 27.8 Å². The van der Waals surface area contributed by atoms with Gasteiger partial charge in [-0.05, 0) is 42.0 Å². The van der Waals surface area contributed by atoms with Crippen LogP contribution in [0.4, 0.5) is 15.9 Å². The molecule has 3 heterocycles. The topological polar surface area (TPSA) is 37.2 Å². The van der Waals surface area contributed by atoms with Crippen molar-refractivity contribution in [3.63, 3.8) is 0 Å². The molecule has 0 amide bonds. The lowest BCUT2D eigenvalue weighted by atomic mass is 10.1. The summed E-state index contributed by atoms with van der Waals surface area (Å²) in [6.07, 6.45) is 3.75. The molecule has 1 aliphatic rings. The number of aromatic nitrogens is 3. The third-order valence-electron chi connectivity index (χ3n) is 6.52. The first-order valence-corrected chi connectivity index (χ1v) is 12.0. The molecule has 35 heavy (non-hydrogen) atoms. The molecule has 174 valence electrons. The first-order chi connectivity index (χ1) is 17.2. The second kappa shape index (κ2) is 9.04. The van der Waals surface area contributed by atoms with Crippen LogP contribution < -0.4 is 9.80 Å². The van der Waals surface area contributed by atoms with Crippen LogP contribution in [0.2, 0.25) is 5.02 Å². The SMILES string of the molecule is Fc1ccccc1N1CCN(c2ncnc3c2c(-c2ccccc2)cn3-c2ccc(Cl)cc2)CC1.